The van der Waals surface area contributed by atoms with Crippen LogP contribution in [0.4, 0.5) is 0 Å². The second-order valence-electron chi connectivity index (χ2n) is 4.75. The molecule has 0 unspecified atom stereocenters. The number of carbonyl (C=O) groups excluding carboxylic acids is 1. The first-order chi connectivity index (χ1) is 9.72. The summed E-state index contributed by atoms with van der Waals surface area (Å²) in [4.78, 5) is 10.5. The molecule has 0 amide bonds. The quantitative estimate of drug-likeness (QED) is 0.479. The topological polar surface area (TPSA) is 35.5 Å². The molecule has 20 heavy (non-hydrogen) atoms. The van der Waals surface area contributed by atoms with Crippen LogP contribution in [0.5, 0.6) is 0 Å². The lowest BCUT2D eigenvalue weighted by Crippen LogP contribution is -2.00. The number of hydrogen-bond acceptors (Lipinski definition) is 3. The van der Waals surface area contributed by atoms with E-state index < -0.39 is 0 Å². The monoisotopic (exact) mass is 276 g/mol. The van der Waals surface area contributed by atoms with E-state index in [1.165, 1.54) is 12.5 Å². The number of hydrogen-bond donors (Lipinski definition) is 0. The standard InChI is InChI=1S/C17H24O3/c1-3-16-8-10-17(11-9-16)14-19-12-6-4-5-7-13-20-15(2)18/h3,8-11H,1,4-7,12-14H2,2H3. The van der Waals surface area contributed by atoms with Crippen LogP contribution in [0.2, 0.25) is 0 Å². The number of carbonyl (C=O) groups is 1. The third-order valence-corrected chi connectivity index (χ3v) is 2.97. The summed E-state index contributed by atoms with van der Waals surface area (Å²) in [5.74, 6) is -0.198. The first-order valence-corrected chi connectivity index (χ1v) is 7.15. The lowest BCUT2D eigenvalue weighted by molar-refractivity contribution is -0.141. The number of rotatable bonds is 10. The molecule has 0 radical (unpaired) electrons. The fourth-order valence-electron chi connectivity index (χ4n) is 1.82. The fourth-order valence-corrected chi connectivity index (χ4v) is 1.82. The first kappa shape index (κ1) is 16.4. The highest BCUT2D eigenvalue weighted by Crippen LogP contribution is 2.07. The molecule has 3 nitrogen and oxygen atoms in total. The zero-order valence-corrected chi connectivity index (χ0v) is 12.3. The van der Waals surface area contributed by atoms with Crippen LogP contribution in [-0.2, 0) is 20.9 Å². The number of esters is 1. The minimum Gasteiger partial charge on any atom is -0.466 e. The van der Waals surface area contributed by atoms with E-state index >= 15 is 0 Å². The third-order valence-electron chi connectivity index (χ3n) is 2.97. The molecule has 0 N–H and O–H groups in total. The lowest BCUT2D eigenvalue weighted by Gasteiger charge is -2.05. The molecule has 0 aliphatic rings. The molecule has 0 bridgehead atoms. The van der Waals surface area contributed by atoms with Crippen molar-refractivity contribution in [1.82, 2.24) is 0 Å². The van der Waals surface area contributed by atoms with E-state index in [-0.39, 0.29) is 5.97 Å². The smallest absolute Gasteiger partial charge is 0.302 e. The van der Waals surface area contributed by atoms with Gasteiger partial charge in [-0.25, -0.2) is 0 Å². The first-order valence-electron chi connectivity index (χ1n) is 7.15. The molecular weight excluding hydrogens is 252 g/mol. The second-order valence-corrected chi connectivity index (χ2v) is 4.75. The van der Waals surface area contributed by atoms with Crippen molar-refractivity contribution < 1.29 is 14.3 Å². The highest BCUT2D eigenvalue weighted by Gasteiger charge is 1.96. The minimum absolute atomic E-state index is 0.198. The molecule has 0 spiro atoms. The van der Waals surface area contributed by atoms with E-state index in [4.69, 9.17) is 9.47 Å². The number of ether oxygens (including phenoxy) is 2. The average molecular weight is 276 g/mol. The van der Waals surface area contributed by atoms with Crippen LogP contribution >= 0.6 is 0 Å². The predicted molar refractivity (Wildman–Crippen MR) is 81.3 cm³/mol. The molecule has 1 aromatic carbocycles. The molecule has 0 aromatic heterocycles. The molecule has 0 saturated heterocycles. The third kappa shape index (κ3) is 7.74. The van der Waals surface area contributed by atoms with E-state index in [1.54, 1.807) is 0 Å². The summed E-state index contributed by atoms with van der Waals surface area (Å²) in [5, 5.41) is 0. The molecule has 0 aliphatic carbocycles. The molecular formula is C17H24O3. The van der Waals surface area contributed by atoms with Crippen molar-refractivity contribution in [1.29, 1.82) is 0 Å². The minimum atomic E-state index is -0.198. The summed E-state index contributed by atoms with van der Waals surface area (Å²) in [6.45, 7) is 7.13. The zero-order chi connectivity index (χ0) is 14.6. The Labute approximate surface area is 121 Å². The maximum atomic E-state index is 10.5. The molecule has 0 fully saturated rings. The molecule has 3 heteroatoms. The van der Waals surface area contributed by atoms with Gasteiger partial charge in [-0.1, -0.05) is 43.3 Å². The van der Waals surface area contributed by atoms with Crippen molar-refractivity contribution >= 4 is 12.0 Å². The van der Waals surface area contributed by atoms with Gasteiger partial charge in [-0.3, -0.25) is 4.79 Å². The Kier molecular flexibility index (Phi) is 8.40. The number of unbranched alkanes of at least 4 members (excludes halogenated alkanes) is 3. The van der Waals surface area contributed by atoms with Gasteiger partial charge in [0.2, 0.25) is 0 Å². The highest BCUT2D eigenvalue weighted by molar-refractivity contribution is 5.65. The van der Waals surface area contributed by atoms with Gasteiger partial charge in [-0.2, -0.15) is 0 Å². The van der Waals surface area contributed by atoms with Gasteiger partial charge in [0, 0.05) is 13.5 Å². The fraction of sp³-hybridized carbons (Fsp3) is 0.471. The van der Waals surface area contributed by atoms with Gasteiger partial charge in [-0.15, -0.1) is 0 Å². The van der Waals surface area contributed by atoms with E-state index in [0.29, 0.717) is 13.2 Å². The summed E-state index contributed by atoms with van der Waals surface area (Å²) < 4.78 is 10.5. The Morgan fingerprint density at radius 2 is 1.75 bits per heavy atom. The summed E-state index contributed by atoms with van der Waals surface area (Å²) in [6.07, 6.45) is 6.00. The van der Waals surface area contributed by atoms with Crippen molar-refractivity contribution in [3.05, 3.63) is 42.0 Å². The lowest BCUT2D eigenvalue weighted by atomic mass is 10.1. The van der Waals surface area contributed by atoms with Crippen molar-refractivity contribution in [3.63, 3.8) is 0 Å². The van der Waals surface area contributed by atoms with Gasteiger partial charge in [-0.05, 0) is 30.4 Å². The summed E-state index contributed by atoms with van der Waals surface area (Å²) in [5.41, 5.74) is 2.31. The SMILES string of the molecule is C=Cc1ccc(COCCCCCCOC(C)=O)cc1. The summed E-state index contributed by atoms with van der Waals surface area (Å²) >= 11 is 0. The van der Waals surface area contributed by atoms with Gasteiger partial charge < -0.3 is 9.47 Å². The zero-order valence-electron chi connectivity index (χ0n) is 12.3. The Morgan fingerprint density at radius 1 is 1.10 bits per heavy atom. The van der Waals surface area contributed by atoms with Gasteiger partial charge >= 0.3 is 5.97 Å². The maximum Gasteiger partial charge on any atom is 0.302 e. The predicted octanol–water partition coefficient (Wildman–Crippen LogP) is 3.97. The Bertz CT molecular complexity index is 395. The summed E-state index contributed by atoms with van der Waals surface area (Å²) in [6, 6.07) is 8.22. The largest absolute Gasteiger partial charge is 0.466 e. The van der Waals surface area contributed by atoms with Gasteiger partial charge in [0.25, 0.3) is 0 Å². The molecule has 1 aromatic rings. The van der Waals surface area contributed by atoms with Crippen LogP contribution in [0.15, 0.2) is 30.8 Å². The highest BCUT2D eigenvalue weighted by atomic mass is 16.5. The number of benzene rings is 1. The maximum absolute atomic E-state index is 10.5. The Hall–Kier alpha value is -1.61. The summed E-state index contributed by atoms with van der Waals surface area (Å²) in [7, 11) is 0. The van der Waals surface area contributed by atoms with Crippen LogP contribution in [0.1, 0.15) is 43.7 Å². The molecule has 0 heterocycles. The normalized spacial score (nSPS) is 10.2. The van der Waals surface area contributed by atoms with Crippen LogP contribution in [0.25, 0.3) is 6.08 Å². The average Bonchev–Trinajstić information content (AvgIpc) is 2.46. The van der Waals surface area contributed by atoms with Crippen molar-refractivity contribution in [2.24, 2.45) is 0 Å². The van der Waals surface area contributed by atoms with Gasteiger partial charge in [0.05, 0.1) is 13.2 Å². The van der Waals surface area contributed by atoms with Crippen LogP contribution in [-0.4, -0.2) is 19.2 Å². The Balaban J connectivity index is 1.96. The Morgan fingerprint density at radius 3 is 2.35 bits per heavy atom. The molecule has 110 valence electrons. The molecule has 0 atom stereocenters. The van der Waals surface area contributed by atoms with Crippen molar-refractivity contribution in [2.75, 3.05) is 13.2 Å². The molecule has 0 saturated carbocycles. The van der Waals surface area contributed by atoms with Crippen molar-refractivity contribution in [2.45, 2.75) is 39.2 Å². The van der Waals surface area contributed by atoms with Gasteiger partial charge in [0.1, 0.15) is 0 Å². The van der Waals surface area contributed by atoms with Crippen molar-refractivity contribution in [3.8, 4) is 0 Å². The van der Waals surface area contributed by atoms with Gasteiger partial charge in [0.15, 0.2) is 0 Å². The second kappa shape index (κ2) is 10.2. The van der Waals surface area contributed by atoms with E-state index in [2.05, 4.69) is 18.7 Å². The molecule has 0 aliphatic heterocycles. The van der Waals surface area contributed by atoms with E-state index in [9.17, 15) is 4.79 Å². The van der Waals surface area contributed by atoms with Crippen LogP contribution in [0.3, 0.4) is 0 Å². The van der Waals surface area contributed by atoms with Crippen LogP contribution < -0.4 is 0 Å². The molecule has 1 rings (SSSR count). The van der Waals surface area contributed by atoms with E-state index in [0.717, 1.165) is 37.9 Å². The van der Waals surface area contributed by atoms with E-state index in [1.807, 2.05) is 18.2 Å². The van der Waals surface area contributed by atoms with Crippen LogP contribution in [0, 0.1) is 0 Å².